The van der Waals surface area contributed by atoms with Gasteiger partial charge in [-0.1, -0.05) is 6.07 Å². The Morgan fingerprint density at radius 1 is 1.00 bits per heavy atom. The zero-order valence-electron chi connectivity index (χ0n) is 14.7. The highest BCUT2D eigenvalue weighted by atomic mass is 16.5. The van der Waals surface area contributed by atoms with Gasteiger partial charge in [0.15, 0.2) is 17.1 Å². The molecule has 3 aromatic heterocycles. The first-order valence-corrected chi connectivity index (χ1v) is 8.21. The van der Waals surface area contributed by atoms with Crippen molar-refractivity contribution in [2.45, 2.75) is 19.9 Å². The maximum Gasteiger partial charge on any atom is 0.167 e. The second-order valence-electron chi connectivity index (χ2n) is 6.23. The Morgan fingerprint density at radius 2 is 1.72 bits per heavy atom. The number of benzene rings is 1. The quantitative estimate of drug-likeness (QED) is 0.613. The third-order valence-electron chi connectivity index (χ3n) is 4.18. The molecular formula is C19H20N4O2. The van der Waals surface area contributed by atoms with Crippen LogP contribution < -0.4 is 14.8 Å². The van der Waals surface area contributed by atoms with Crippen LogP contribution in [0.5, 0.6) is 11.5 Å². The summed E-state index contributed by atoms with van der Waals surface area (Å²) in [5, 5.41) is 5.38. The van der Waals surface area contributed by atoms with Crippen LogP contribution in [-0.2, 0) is 0 Å². The lowest BCUT2D eigenvalue weighted by atomic mass is 10.1. The molecule has 0 aliphatic heterocycles. The number of hydrogen-bond donors (Lipinski definition) is 1. The number of methoxy groups -OCH3 is 2. The van der Waals surface area contributed by atoms with Crippen molar-refractivity contribution in [3.05, 3.63) is 36.5 Å². The van der Waals surface area contributed by atoms with Crippen molar-refractivity contribution in [1.29, 1.82) is 0 Å². The predicted octanol–water partition coefficient (Wildman–Crippen LogP) is 3.87. The maximum absolute atomic E-state index is 5.49. The Kier molecular flexibility index (Phi) is 3.60. The van der Waals surface area contributed by atoms with Crippen LogP contribution in [0, 0.1) is 0 Å². The number of pyridine rings is 2. The third kappa shape index (κ3) is 2.41. The molecule has 128 valence electrons. The van der Waals surface area contributed by atoms with Gasteiger partial charge in [-0.05, 0) is 38.1 Å². The molecule has 0 saturated carbocycles. The van der Waals surface area contributed by atoms with Gasteiger partial charge in [-0.25, -0.2) is 9.97 Å². The molecule has 1 aromatic carbocycles. The highest BCUT2D eigenvalue weighted by molar-refractivity contribution is 6.09. The van der Waals surface area contributed by atoms with Gasteiger partial charge in [-0.3, -0.25) is 4.40 Å². The molecule has 0 saturated heterocycles. The smallest absolute Gasteiger partial charge is 0.167 e. The van der Waals surface area contributed by atoms with Crippen LogP contribution in [0.3, 0.4) is 0 Å². The summed E-state index contributed by atoms with van der Waals surface area (Å²) in [7, 11) is 3.27. The van der Waals surface area contributed by atoms with Crippen LogP contribution in [0.1, 0.15) is 13.8 Å². The van der Waals surface area contributed by atoms with Crippen molar-refractivity contribution in [2.75, 3.05) is 19.5 Å². The first-order valence-electron chi connectivity index (χ1n) is 8.21. The fraction of sp³-hybridized carbons (Fsp3) is 0.263. The first-order chi connectivity index (χ1) is 12.1. The number of hydrogen-bond acceptors (Lipinski definition) is 5. The Balaban J connectivity index is 2.17. The molecule has 0 unspecified atom stereocenters. The Labute approximate surface area is 145 Å². The topological polar surface area (TPSA) is 60.7 Å². The minimum atomic E-state index is 0.250. The SMILES string of the molecule is COc1cc2c(NC(C)C)nc3c(nc4ccccn43)c2cc1OC. The van der Waals surface area contributed by atoms with E-state index in [-0.39, 0.29) is 6.04 Å². The van der Waals surface area contributed by atoms with Crippen molar-refractivity contribution in [1.82, 2.24) is 14.4 Å². The number of nitrogens with zero attached hydrogens (tertiary/aromatic N) is 3. The highest BCUT2D eigenvalue weighted by Crippen LogP contribution is 2.38. The highest BCUT2D eigenvalue weighted by Gasteiger charge is 2.17. The van der Waals surface area contributed by atoms with E-state index in [2.05, 4.69) is 19.2 Å². The largest absolute Gasteiger partial charge is 0.493 e. The van der Waals surface area contributed by atoms with Crippen molar-refractivity contribution in [3.63, 3.8) is 0 Å². The summed E-state index contributed by atoms with van der Waals surface area (Å²) in [6.45, 7) is 4.18. The minimum Gasteiger partial charge on any atom is -0.493 e. The third-order valence-corrected chi connectivity index (χ3v) is 4.18. The molecule has 1 N–H and O–H groups in total. The molecule has 6 heteroatoms. The number of rotatable bonds is 4. The molecule has 0 aliphatic carbocycles. The van der Waals surface area contributed by atoms with Crippen LogP contribution >= 0.6 is 0 Å². The molecule has 0 fully saturated rings. The van der Waals surface area contributed by atoms with Crippen molar-refractivity contribution < 1.29 is 9.47 Å². The van der Waals surface area contributed by atoms with E-state index in [1.165, 1.54) is 0 Å². The first kappa shape index (κ1) is 15.5. The molecule has 3 heterocycles. The molecule has 25 heavy (non-hydrogen) atoms. The molecule has 0 radical (unpaired) electrons. The fourth-order valence-electron chi connectivity index (χ4n) is 3.09. The minimum absolute atomic E-state index is 0.250. The summed E-state index contributed by atoms with van der Waals surface area (Å²) >= 11 is 0. The Morgan fingerprint density at radius 3 is 2.40 bits per heavy atom. The summed E-state index contributed by atoms with van der Waals surface area (Å²) in [6, 6.07) is 10.1. The van der Waals surface area contributed by atoms with Gasteiger partial charge < -0.3 is 14.8 Å². The summed E-state index contributed by atoms with van der Waals surface area (Å²) < 4.78 is 13.0. The number of nitrogens with one attached hydrogen (secondary N) is 1. The van der Waals surface area contributed by atoms with Gasteiger partial charge in [0.25, 0.3) is 0 Å². The fourth-order valence-corrected chi connectivity index (χ4v) is 3.09. The molecule has 0 aliphatic rings. The summed E-state index contributed by atoms with van der Waals surface area (Å²) in [4.78, 5) is 9.63. The van der Waals surface area contributed by atoms with Gasteiger partial charge in [0.05, 0.1) is 14.2 Å². The summed E-state index contributed by atoms with van der Waals surface area (Å²) in [6.07, 6.45) is 1.98. The van der Waals surface area contributed by atoms with Gasteiger partial charge >= 0.3 is 0 Å². The molecule has 0 spiro atoms. The van der Waals surface area contributed by atoms with Crippen LogP contribution in [-0.4, -0.2) is 34.6 Å². The Bertz CT molecular complexity index is 1090. The number of imidazole rings is 1. The monoisotopic (exact) mass is 336 g/mol. The van der Waals surface area contributed by atoms with E-state index in [0.29, 0.717) is 11.5 Å². The van der Waals surface area contributed by atoms with E-state index in [1.807, 2.05) is 40.9 Å². The van der Waals surface area contributed by atoms with Gasteiger partial charge in [0.2, 0.25) is 0 Å². The number of aromatic nitrogens is 3. The van der Waals surface area contributed by atoms with E-state index in [9.17, 15) is 0 Å². The predicted molar refractivity (Wildman–Crippen MR) is 99.9 cm³/mol. The van der Waals surface area contributed by atoms with Crippen LogP contribution in [0.25, 0.3) is 27.6 Å². The van der Waals surface area contributed by atoms with Crippen LogP contribution in [0.2, 0.25) is 0 Å². The molecule has 0 bridgehead atoms. The zero-order valence-corrected chi connectivity index (χ0v) is 14.7. The molecular weight excluding hydrogens is 316 g/mol. The summed E-state index contributed by atoms with van der Waals surface area (Å²) in [5.41, 5.74) is 2.53. The lowest BCUT2D eigenvalue weighted by Crippen LogP contribution is -2.11. The molecule has 6 nitrogen and oxygen atoms in total. The van der Waals surface area contributed by atoms with Crippen molar-refractivity contribution in [3.8, 4) is 11.5 Å². The van der Waals surface area contributed by atoms with Gasteiger partial charge in [-0.2, -0.15) is 0 Å². The number of anilines is 1. The molecule has 4 aromatic rings. The van der Waals surface area contributed by atoms with Gasteiger partial charge in [0, 0.05) is 23.0 Å². The van der Waals surface area contributed by atoms with E-state index in [4.69, 9.17) is 19.4 Å². The van der Waals surface area contributed by atoms with Crippen molar-refractivity contribution >= 4 is 33.4 Å². The molecule has 0 amide bonds. The zero-order chi connectivity index (χ0) is 17.6. The maximum atomic E-state index is 5.49. The average Bonchev–Trinajstić information content (AvgIpc) is 2.99. The van der Waals surface area contributed by atoms with E-state index >= 15 is 0 Å². The standard InChI is InChI=1S/C19H20N4O2/c1-11(2)20-18-13-10-15(25-4)14(24-3)9-12(13)17-19(22-18)23-8-6-5-7-16(23)21-17/h5-11H,1-4H3,(H,20,22). The van der Waals surface area contributed by atoms with Crippen LogP contribution in [0.15, 0.2) is 36.5 Å². The molecule has 0 atom stereocenters. The summed E-state index contributed by atoms with van der Waals surface area (Å²) in [5.74, 6) is 2.16. The number of fused-ring (bicyclic) bond motifs is 5. The van der Waals surface area contributed by atoms with E-state index in [0.717, 1.165) is 33.4 Å². The Hall–Kier alpha value is -3.02. The number of ether oxygens (including phenoxy) is 2. The van der Waals surface area contributed by atoms with Crippen molar-refractivity contribution in [2.24, 2.45) is 0 Å². The van der Waals surface area contributed by atoms with Gasteiger partial charge in [-0.15, -0.1) is 0 Å². The van der Waals surface area contributed by atoms with Gasteiger partial charge in [0.1, 0.15) is 17.0 Å². The van der Waals surface area contributed by atoms with Crippen LogP contribution in [0.4, 0.5) is 5.82 Å². The second-order valence-corrected chi connectivity index (χ2v) is 6.23. The lowest BCUT2D eigenvalue weighted by molar-refractivity contribution is 0.356. The normalized spacial score (nSPS) is 11.6. The average molecular weight is 336 g/mol. The lowest BCUT2D eigenvalue weighted by Gasteiger charge is -2.15. The van der Waals surface area contributed by atoms with E-state index in [1.54, 1.807) is 14.2 Å². The molecule has 4 rings (SSSR count). The second kappa shape index (κ2) is 5.81. The van der Waals surface area contributed by atoms with E-state index < -0.39 is 0 Å².